The first kappa shape index (κ1) is 32.5. The lowest BCUT2D eigenvalue weighted by atomic mass is 9.77. The van der Waals surface area contributed by atoms with Crippen LogP contribution in [0.15, 0.2) is 168 Å². The Morgan fingerprint density at radius 3 is 0.941 bits per heavy atom. The minimum atomic E-state index is -0.888. The van der Waals surface area contributed by atoms with Crippen LogP contribution in [0.3, 0.4) is 0 Å². The molecule has 4 nitrogen and oxygen atoms in total. The van der Waals surface area contributed by atoms with Gasteiger partial charge < -0.3 is 9.47 Å². The van der Waals surface area contributed by atoms with Gasteiger partial charge in [-0.1, -0.05) is 180 Å². The van der Waals surface area contributed by atoms with Crippen LogP contribution in [-0.2, 0) is 20.7 Å². The number of hydrogen-bond acceptors (Lipinski definition) is 4. The molecule has 0 saturated heterocycles. The predicted octanol–water partition coefficient (Wildman–Crippen LogP) is 10.8. The molecule has 51 heavy (non-hydrogen) atoms. The van der Waals surface area contributed by atoms with E-state index < -0.39 is 11.2 Å². The maximum atomic E-state index is 7.27. The Labute approximate surface area is 301 Å². The second-order valence-corrected chi connectivity index (χ2v) is 14.0. The fraction of sp³-hybridized carbons (Fsp3) is 0.191. The third-order valence-corrected chi connectivity index (χ3v) is 10.3. The van der Waals surface area contributed by atoms with Gasteiger partial charge in [-0.05, 0) is 38.8 Å². The minimum absolute atomic E-state index is 0.311. The highest BCUT2D eigenvalue weighted by molar-refractivity contribution is 5.99. The van der Waals surface area contributed by atoms with Gasteiger partial charge in [-0.3, -0.25) is 0 Å². The number of ether oxygens (including phenoxy) is 2. The summed E-state index contributed by atoms with van der Waals surface area (Å²) in [6, 6.07) is 55.0. The van der Waals surface area contributed by atoms with Gasteiger partial charge in [0.2, 0.25) is 0 Å². The SMILES string of the molecule is Cc1ccc(C2(c3ccc(C)cc3)OC(CC3=N[C@H](c4ccccc4)C(c4ccc(C)cc4)(c4ccc(C)cc4)O3)=N[C@@H]2c2ccccc2)cc1. The van der Waals surface area contributed by atoms with E-state index in [0.717, 1.165) is 33.4 Å². The Balaban J connectivity index is 1.26. The van der Waals surface area contributed by atoms with Crippen LogP contribution in [-0.4, -0.2) is 11.8 Å². The summed E-state index contributed by atoms with van der Waals surface area (Å²) in [6.45, 7) is 8.45. The first-order valence-electron chi connectivity index (χ1n) is 17.7. The predicted molar refractivity (Wildman–Crippen MR) is 206 cm³/mol. The summed E-state index contributed by atoms with van der Waals surface area (Å²) in [5, 5.41) is 0. The fourth-order valence-corrected chi connectivity index (χ4v) is 7.59. The number of nitrogens with zero attached hydrogens (tertiary/aromatic N) is 2. The lowest BCUT2D eigenvalue weighted by Gasteiger charge is -2.36. The third-order valence-electron chi connectivity index (χ3n) is 10.3. The van der Waals surface area contributed by atoms with Crippen molar-refractivity contribution in [3.63, 3.8) is 0 Å². The highest BCUT2D eigenvalue weighted by atomic mass is 16.5. The standard InChI is InChI=1S/C47H42N2O2/c1-32-15-23-38(24-16-32)46(39-25-17-33(2)18-26-39)44(36-11-7-5-8-12-36)48-42(50-46)31-43-49-45(37-13-9-6-10-14-37)47(51-43,40-27-19-34(3)20-28-40)41-29-21-35(4)22-30-41/h5-30,44-45H,31H2,1-4H3/t44-,45-/m1/s1. The molecular formula is C47H42N2O2. The Bertz CT molecular complexity index is 1940. The minimum Gasteiger partial charge on any atom is -0.462 e. The van der Waals surface area contributed by atoms with Crippen molar-refractivity contribution in [1.82, 2.24) is 0 Å². The van der Waals surface area contributed by atoms with Gasteiger partial charge in [0.1, 0.15) is 12.1 Å². The lowest BCUT2D eigenvalue weighted by Crippen LogP contribution is -2.36. The molecule has 0 bridgehead atoms. The zero-order valence-electron chi connectivity index (χ0n) is 29.6. The second kappa shape index (κ2) is 13.2. The summed E-state index contributed by atoms with van der Waals surface area (Å²) in [6.07, 6.45) is 0.311. The van der Waals surface area contributed by atoms with Gasteiger partial charge in [0.05, 0.1) is 6.42 Å². The van der Waals surface area contributed by atoms with E-state index in [1.807, 2.05) is 12.1 Å². The van der Waals surface area contributed by atoms with E-state index in [9.17, 15) is 0 Å². The molecule has 2 heterocycles. The monoisotopic (exact) mass is 666 g/mol. The summed E-state index contributed by atoms with van der Waals surface area (Å²) in [7, 11) is 0. The maximum absolute atomic E-state index is 7.27. The molecule has 0 N–H and O–H groups in total. The molecule has 0 saturated carbocycles. The van der Waals surface area contributed by atoms with Crippen molar-refractivity contribution >= 4 is 11.8 Å². The topological polar surface area (TPSA) is 43.2 Å². The van der Waals surface area contributed by atoms with Gasteiger partial charge >= 0.3 is 0 Å². The molecule has 2 aliphatic heterocycles. The summed E-state index contributed by atoms with van der Waals surface area (Å²) < 4.78 is 14.5. The third kappa shape index (κ3) is 5.85. The molecule has 0 radical (unpaired) electrons. The summed E-state index contributed by atoms with van der Waals surface area (Å²) in [5.41, 5.74) is 9.36. The van der Waals surface area contributed by atoms with Gasteiger partial charge in [0, 0.05) is 22.3 Å². The Hall–Kier alpha value is -5.74. The number of hydrogen-bond donors (Lipinski definition) is 0. The van der Waals surface area contributed by atoms with Crippen LogP contribution in [0.1, 0.15) is 74.1 Å². The van der Waals surface area contributed by atoms with Crippen LogP contribution >= 0.6 is 0 Å². The molecular weight excluding hydrogens is 625 g/mol. The average Bonchev–Trinajstić information content (AvgIpc) is 3.74. The average molecular weight is 667 g/mol. The van der Waals surface area contributed by atoms with Crippen molar-refractivity contribution in [2.24, 2.45) is 9.98 Å². The lowest BCUT2D eigenvalue weighted by molar-refractivity contribution is 0.0872. The van der Waals surface area contributed by atoms with Crippen molar-refractivity contribution in [2.45, 2.75) is 57.4 Å². The quantitative estimate of drug-likeness (QED) is 0.162. The van der Waals surface area contributed by atoms with Crippen LogP contribution in [0, 0.1) is 27.7 Å². The summed E-state index contributed by atoms with van der Waals surface area (Å²) in [4.78, 5) is 10.8. The van der Waals surface area contributed by atoms with Crippen molar-refractivity contribution in [2.75, 3.05) is 0 Å². The van der Waals surface area contributed by atoms with E-state index in [0.29, 0.717) is 18.2 Å². The molecule has 0 spiro atoms. The highest BCUT2D eigenvalue weighted by Gasteiger charge is 2.53. The molecule has 6 aromatic carbocycles. The molecule has 252 valence electrons. The Morgan fingerprint density at radius 1 is 0.392 bits per heavy atom. The van der Waals surface area contributed by atoms with Crippen molar-refractivity contribution < 1.29 is 9.47 Å². The van der Waals surface area contributed by atoms with Gasteiger partial charge in [-0.15, -0.1) is 0 Å². The number of rotatable bonds is 8. The normalized spacial score (nSPS) is 18.7. The molecule has 0 unspecified atom stereocenters. The fourth-order valence-electron chi connectivity index (χ4n) is 7.59. The van der Waals surface area contributed by atoms with Crippen LogP contribution in [0.25, 0.3) is 0 Å². The number of aliphatic imine (C=N–C) groups is 2. The van der Waals surface area contributed by atoms with E-state index in [2.05, 4.69) is 173 Å². The first-order chi connectivity index (χ1) is 24.8. The summed E-state index contributed by atoms with van der Waals surface area (Å²) >= 11 is 0. The zero-order chi connectivity index (χ0) is 35.0. The van der Waals surface area contributed by atoms with Crippen LogP contribution < -0.4 is 0 Å². The molecule has 0 amide bonds. The van der Waals surface area contributed by atoms with Crippen molar-refractivity contribution in [3.05, 3.63) is 213 Å². The van der Waals surface area contributed by atoms with Gasteiger partial charge in [-0.25, -0.2) is 9.98 Å². The number of aryl methyl sites for hydroxylation is 4. The molecule has 2 atom stereocenters. The van der Waals surface area contributed by atoms with Crippen molar-refractivity contribution in [1.29, 1.82) is 0 Å². The van der Waals surface area contributed by atoms with Crippen LogP contribution in [0.2, 0.25) is 0 Å². The zero-order valence-corrected chi connectivity index (χ0v) is 29.6. The van der Waals surface area contributed by atoms with E-state index in [-0.39, 0.29) is 12.1 Å². The van der Waals surface area contributed by atoms with Crippen LogP contribution in [0.4, 0.5) is 0 Å². The molecule has 4 heteroatoms. The van der Waals surface area contributed by atoms with E-state index >= 15 is 0 Å². The molecule has 0 fully saturated rings. The van der Waals surface area contributed by atoms with E-state index in [1.165, 1.54) is 22.3 Å². The largest absolute Gasteiger partial charge is 0.462 e. The van der Waals surface area contributed by atoms with E-state index in [4.69, 9.17) is 19.5 Å². The second-order valence-electron chi connectivity index (χ2n) is 14.0. The van der Waals surface area contributed by atoms with Gasteiger partial charge in [0.25, 0.3) is 0 Å². The molecule has 0 aliphatic carbocycles. The van der Waals surface area contributed by atoms with E-state index in [1.54, 1.807) is 0 Å². The molecule has 2 aliphatic rings. The van der Waals surface area contributed by atoms with Crippen LogP contribution in [0.5, 0.6) is 0 Å². The molecule has 0 aromatic heterocycles. The smallest absolute Gasteiger partial charge is 0.195 e. The van der Waals surface area contributed by atoms with Gasteiger partial charge in [-0.2, -0.15) is 0 Å². The van der Waals surface area contributed by atoms with Gasteiger partial charge in [0.15, 0.2) is 23.0 Å². The Morgan fingerprint density at radius 2 is 0.667 bits per heavy atom. The van der Waals surface area contributed by atoms with Crippen molar-refractivity contribution in [3.8, 4) is 0 Å². The molecule has 8 rings (SSSR count). The molecule has 6 aromatic rings. The first-order valence-corrected chi connectivity index (χ1v) is 17.7. The summed E-state index contributed by atoms with van der Waals surface area (Å²) in [5.74, 6) is 1.19. The Kier molecular flexibility index (Phi) is 8.39. The maximum Gasteiger partial charge on any atom is 0.195 e. The number of benzene rings is 6. The highest BCUT2D eigenvalue weighted by Crippen LogP contribution is 2.53.